The van der Waals surface area contributed by atoms with E-state index in [-0.39, 0.29) is 18.4 Å². The molecular formula is C28H34ClN5O2. The Bertz CT molecular complexity index is 1140. The highest BCUT2D eigenvalue weighted by Crippen LogP contribution is 2.28. The molecule has 0 fully saturated rings. The lowest BCUT2D eigenvalue weighted by Crippen LogP contribution is -2.39. The minimum atomic E-state index is 0.0132. The predicted molar refractivity (Wildman–Crippen MR) is 143 cm³/mol. The topological polar surface area (TPSA) is 61.7 Å². The largest absolute Gasteiger partial charge is 0.335 e. The third-order valence-electron chi connectivity index (χ3n) is 6.49. The van der Waals surface area contributed by atoms with E-state index in [1.807, 2.05) is 53.1 Å². The molecule has 3 aromatic rings. The van der Waals surface area contributed by atoms with Crippen molar-refractivity contribution in [2.45, 2.75) is 45.8 Å². The van der Waals surface area contributed by atoms with Crippen molar-refractivity contribution in [2.24, 2.45) is 0 Å². The Morgan fingerprint density at radius 2 is 1.83 bits per heavy atom. The molecule has 0 saturated heterocycles. The van der Waals surface area contributed by atoms with Gasteiger partial charge in [0, 0.05) is 63.1 Å². The number of halogens is 1. The van der Waals surface area contributed by atoms with Crippen molar-refractivity contribution in [3.63, 3.8) is 0 Å². The van der Waals surface area contributed by atoms with Crippen LogP contribution in [0.1, 0.15) is 37.3 Å². The summed E-state index contributed by atoms with van der Waals surface area (Å²) in [5, 5.41) is 0.583. The van der Waals surface area contributed by atoms with E-state index in [1.165, 1.54) is 5.56 Å². The van der Waals surface area contributed by atoms with E-state index in [0.717, 1.165) is 43.7 Å². The lowest BCUT2D eigenvalue weighted by atomic mass is 10.1. The molecule has 190 valence electrons. The van der Waals surface area contributed by atoms with Gasteiger partial charge in [-0.15, -0.1) is 0 Å². The fourth-order valence-electron chi connectivity index (χ4n) is 4.61. The van der Waals surface area contributed by atoms with Gasteiger partial charge < -0.3 is 14.4 Å². The summed E-state index contributed by atoms with van der Waals surface area (Å²) in [6, 6.07) is 16.0. The third-order valence-corrected chi connectivity index (χ3v) is 6.72. The maximum absolute atomic E-state index is 13.4. The lowest BCUT2D eigenvalue weighted by molar-refractivity contribution is -0.132. The van der Waals surface area contributed by atoms with Gasteiger partial charge in [-0.3, -0.25) is 14.5 Å². The van der Waals surface area contributed by atoms with E-state index < -0.39 is 0 Å². The highest BCUT2D eigenvalue weighted by Gasteiger charge is 2.24. The van der Waals surface area contributed by atoms with Crippen LogP contribution in [0.5, 0.6) is 0 Å². The highest BCUT2D eigenvalue weighted by atomic mass is 35.5. The van der Waals surface area contributed by atoms with E-state index in [2.05, 4.69) is 22.0 Å². The molecule has 2 amide bonds. The molecule has 0 N–H and O–H groups in total. The first-order valence-electron chi connectivity index (χ1n) is 12.6. The third kappa shape index (κ3) is 6.95. The first-order chi connectivity index (χ1) is 17.5. The summed E-state index contributed by atoms with van der Waals surface area (Å²) in [4.78, 5) is 36.8. The van der Waals surface area contributed by atoms with Gasteiger partial charge in [0.2, 0.25) is 11.8 Å². The summed E-state index contributed by atoms with van der Waals surface area (Å²) in [5.74, 6) is 0.102. The summed E-state index contributed by atoms with van der Waals surface area (Å²) in [6.07, 6.45) is 7.22. The van der Waals surface area contributed by atoms with Gasteiger partial charge in [-0.05, 0) is 36.1 Å². The molecule has 7 nitrogen and oxygen atoms in total. The molecular weight excluding hydrogens is 474 g/mol. The molecule has 0 bridgehead atoms. The molecule has 1 aliphatic rings. The van der Waals surface area contributed by atoms with Gasteiger partial charge in [-0.1, -0.05) is 54.9 Å². The average molecular weight is 508 g/mol. The van der Waals surface area contributed by atoms with Crippen LogP contribution in [0, 0.1) is 0 Å². The standard InChI is InChI=1S/C28H34ClN5O2/c1-2-7-27(35)34-14-6-13-31(19-23-8-4-3-5-9-23)16-17-33(28(36)21-32-15-12-30-22-32)20-24-10-11-25(29)18-26(24)34/h3-5,8-12,15,18,22H,2,6-7,13-14,16-17,19-21H2,1H3. The molecule has 36 heavy (non-hydrogen) atoms. The molecule has 2 aromatic carbocycles. The van der Waals surface area contributed by atoms with Crippen LogP contribution in [0.25, 0.3) is 0 Å². The minimum Gasteiger partial charge on any atom is -0.335 e. The number of benzene rings is 2. The Morgan fingerprint density at radius 1 is 1.00 bits per heavy atom. The second-order valence-electron chi connectivity index (χ2n) is 9.23. The molecule has 0 atom stereocenters. The number of hydrogen-bond donors (Lipinski definition) is 0. The zero-order valence-electron chi connectivity index (χ0n) is 20.9. The van der Waals surface area contributed by atoms with Crippen LogP contribution in [0.3, 0.4) is 0 Å². The van der Waals surface area contributed by atoms with Crippen molar-refractivity contribution in [2.75, 3.05) is 31.1 Å². The fraction of sp³-hybridized carbons (Fsp3) is 0.393. The molecule has 1 aromatic heterocycles. The van der Waals surface area contributed by atoms with Crippen molar-refractivity contribution in [3.05, 3.63) is 83.4 Å². The van der Waals surface area contributed by atoms with Crippen LogP contribution in [0.4, 0.5) is 5.69 Å². The van der Waals surface area contributed by atoms with Gasteiger partial charge in [0.1, 0.15) is 6.54 Å². The van der Waals surface area contributed by atoms with E-state index in [9.17, 15) is 9.59 Å². The van der Waals surface area contributed by atoms with E-state index in [4.69, 9.17) is 11.6 Å². The fourth-order valence-corrected chi connectivity index (χ4v) is 4.78. The number of carbonyl (C=O) groups is 2. The van der Waals surface area contributed by atoms with E-state index in [1.54, 1.807) is 23.3 Å². The van der Waals surface area contributed by atoms with Gasteiger partial charge >= 0.3 is 0 Å². The first kappa shape index (κ1) is 25.9. The Balaban J connectivity index is 1.65. The molecule has 8 heteroatoms. The molecule has 0 aliphatic carbocycles. The minimum absolute atomic E-state index is 0.0132. The van der Waals surface area contributed by atoms with Crippen molar-refractivity contribution in [3.8, 4) is 0 Å². The summed E-state index contributed by atoms with van der Waals surface area (Å²) < 4.78 is 1.79. The monoisotopic (exact) mass is 507 g/mol. The summed E-state index contributed by atoms with van der Waals surface area (Å²) in [6.45, 7) is 6.22. The SMILES string of the molecule is CCCC(=O)N1CCCN(Cc2ccccc2)CCN(C(=O)Cn2ccnc2)Cc2ccc(Cl)cc21. The van der Waals surface area contributed by atoms with Crippen LogP contribution in [-0.2, 0) is 29.2 Å². The molecule has 0 saturated carbocycles. The van der Waals surface area contributed by atoms with Crippen molar-refractivity contribution in [1.29, 1.82) is 0 Å². The van der Waals surface area contributed by atoms with Crippen LogP contribution < -0.4 is 4.90 Å². The smallest absolute Gasteiger partial charge is 0.242 e. The zero-order chi connectivity index (χ0) is 25.3. The highest BCUT2D eigenvalue weighted by molar-refractivity contribution is 6.31. The molecule has 0 spiro atoms. The lowest BCUT2D eigenvalue weighted by Gasteiger charge is -2.28. The number of carbonyl (C=O) groups excluding carboxylic acids is 2. The van der Waals surface area contributed by atoms with Gasteiger partial charge in [0.25, 0.3) is 0 Å². The van der Waals surface area contributed by atoms with Crippen molar-refractivity contribution >= 4 is 29.1 Å². The van der Waals surface area contributed by atoms with Crippen LogP contribution in [-0.4, -0.2) is 57.3 Å². The molecule has 0 radical (unpaired) electrons. The Morgan fingerprint density at radius 3 is 2.58 bits per heavy atom. The molecule has 1 aliphatic heterocycles. The predicted octanol–water partition coefficient (Wildman–Crippen LogP) is 4.60. The number of imidazole rings is 1. The average Bonchev–Trinajstić information content (AvgIpc) is 3.37. The summed E-state index contributed by atoms with van der Waals surface area (Å²) in [5.41, 5.74) is 2.97. The molecule has 4 rings (SSSR count). The van der Waals surface area contributed by atoms with Gasteiger partial charge in [0.15, 0.2) is 0 Å². The number of amides is 2. The second kappa shape index (κ2) is 12.7. The Kier molecular flexibility index (Phi) is 9.14. The maximum atomic E-state index is 13.4. The van der Waals surface area contributed by atoms with Gasteiger partial charge in [-0.2, -0.15) is 0 Å². The van der Waals surface area contributed by atoms with Gasteiger partial charge in [-0.25, -0.2) is 4.98 Å². The number of anilines is 1. The van der Waals surface area contributed by atoms with Crippen LogP contribution in [0.2, 0.25) is 5.02 Å². The summed E-state index contributed by atoms with van der Waals surface area (Å²) >= 11 is 6.39. The van der Waals surface area contributed by atoms with Crippen molar-refractivity contribution < 1.29 is 9.59 Å². The van der Waals surface area contributed by atoms with Crippen LogP contribution >= 0.6 is 11.6 Å². The number of aromatic nitrogens is 2. The van der Waals surface area contributed by atoms with Crippen molar-refractivity contribution in [1.82, 2.24) is 19.4 Å². The quantitative estimate of drug-likeness (QED) is 0.489. The maximum Gasteiger partial charge on any atom is 0.242 e. The van der Waals surface area contributed by atoms with E-state index in [0.29, 0.717) is 31.1 Å². The second-order valence-corrected chi connectivity index (χ2v) is 9.67. The summed E-state index contributed by atoms with van der Waals surface area (Å²) in [7, 11) is 0. The Labute approximate surface area is 218 Å². The van der Waals surface area contributed by atoms with Crippen LogP contribution in [0.15, 0.2) is 67.3 Å². The number of fused-ring (bicyclic) bond motifs is 1. The number of hydrogen-bond acceptors (Lipinski definition) is 4. The first-order valence-corrected chi connectivity index (χ1v) is 13.0. The van der Waals surface area contributed by atoms with E-state index >= 15 is 0 Å². The molecule has 0 unspecified atom stereocenters. The van der Waals surface area contributed by atoms with Gasteiger partial charge in [0.05, 0.1) is 12.0 Å². The molecule has 2 heterocycles. The number of nitrogens with zero attached hydrogens (tertiary/aromatic N) is 5. The Hall–Kier alpha value is -3.16. The number of rotatable bonds is 6. The zero-order valence-corrected chi connectivity index (χ0v) is 21.6. The normalized spacial score (nSPS) is 15.3.